The van der Waals surface area contributed by atoms with E-state index in [1.165, 1.54) is 18.5 Å². The van der Waals surface area contributed by atoms with E-state index >= 15 is 0 Å². The van der Waals surface area contributed by atoms with Gasteiger partial charge in [-0.1, -0.05) is 24.0 Å². The average molecular weight is 432 g/mol. The van der Waals surface area contributed by atoms with E-state index in [4.69, 9.17) is 16.6 Å². The highest BCUT2D eigenvalue weighted by Gasteiger charge is 2.24. The van der Waals surface area contributed by atoms with Crippen LogP contribution in [0.3, 0.4) is 0 Å². The lowest BCUT2D eigenvalue weighted by Crippen LogP contribution is -2.17. The molecule has 1 amide bonds. The van der Waals surface area contributed by atoms with Crippen LogP contribution in [0.25, 0.3) is 28.2 Å². The smallest absolute Gasteiger partial charge is 0.343 e. The van der Waals surface area contributed by atoms with Crippen LogP contribution in [0.1, 0.15) is 16.1 Å². The van der Waals surface area contributed by atoms with Gasteiger partial charge in [-0.25, -0.2) is 13.6 Å². The Morgan fingerprint density at radius 3 is 2.62 bits per heavy atom. The first-order valence-electron chi connectivity index (χ1n) is 8.07. The number of ether oxygens (including phenoxy) is 1. The Balaban J connectivity index is 1.81. The zero-order chi connectivity index (χ0) is 20.7. The summed E-state index contributed by atoms with van der Waals surface area (Å²) >= 11 is 6.05. The fraction of sp³-hybridized carbons (Fsp3) is 0.0526. The van der Waals surface area contributed by atoms with Crippen LogP contribution in [0.5, 0.6) is 0 Å². The van der Waals surface area contributed by atoms with Gasteiger partial charge in [-0.05, 0) is 23.8 Å². The van der Waals surface area contributed by atoms with Crippen LogP contribution < -0.4 is 5.32 Å². The number of halogens is 2. The topological polar surface area (TPSA) is 81.4 Å². The third kappa shape index (κ3) is 3.52. The lowest BCUT2D eigenvalue weighted by atomic mass is 10.0. The van der Waals surface area contributed by atoms with E-state index in [1.807, 2.05) is 0 Å². The van der Waals surface area contributed by atoms with Crippen LogP contribution in [0.4, 0.5) is 8.78 Å². The van der Waals surface area contributed by atoms with E-state index in [2.05, 4.69) is 15.0 Å². The number of nitrogens with zero attached hydrogens (tertiary/aromatic N) is 1. The number of methoxy groups -OCH3 is 1. The lowest BCUT2D eigenvalue weighted by molar-refractivity contribution is -0.115. The molecule has 0 saturated carbocycles. The Morgan fingerprint density at radius 2 is 2.00 bits per heavy atom. The number of amides is 1. The molecule has 1 saturated heterocycles. The van der Waals surface area contributed by atoms with Crippen LogP contribution in [0, 0.1) is 11.6 Å². The highest BCUT2D eigenvalue weighted by molar-refractivity contribution is 8.26. The number of nitrogens with one attached hydrogen (secondary N) is 1. The predicted octanol–water partition coefficient (Wildman–Crippen LogP) is 4.05. The normalized spacial score (nSPS) is 15.2. The maximum absolute atomic E-state index is 14.3. The largest absolute Gasteiger partial charge is 0.465 e. The van der Waals surface area contributed by atoms with Crippen molar-refractivity contribution in [2.24, 2.45) is 0 Å². The minimum atomic E-state index is -1.11. The Morgan fingerprint density at radius 1 is 1.28 bits per heavy atom. The number of furan rings is 1. The van der Waals surface area contributed by atoms with E-state index < -0.39 is 23.2 Å². The van der Waals surface area contributed by atoms with E-state index in [0.717, 1.165) is 31.0 Å². The summed E-state index contributed by atoms with van der Waals surface area (Å²) in [6.07, 6.45) is 4.43. The first-order chi connectivity index (χ1) is 13.9. The second-order valence-corrected chi connectivity index (χ2v) is 7.63. The molecule has 6 nitrogen and oxygen atoms in total. The summed E-state index contributed by atoms with van der Waals surface area (Å²) in [5.41, 5.74) is -0.00202. The Hall–Kier alpha value is -3.11. The molecule has 0 spiro atoms. The van der Waals surface area contributed by atoms with Gasteiger partial charge in [-0.2, -0.15) is 0 Å². The summed E-state index contributed by atoms with van der Waals surface area (Å²) in [5.74, 6) is -3.22. The van der Waals surface area contributed by atoms with Crippen molar-refractivity contribution in [2.45, 2.75) is 0 Å². The van der Waals surface area contributed by atoms with Crippen LogP contribution in [0.15, 0.2) is 39.9 Å². The molecule has 29 heavy (non-hydrogen) atoms. The van der Waals surface area contributed by atoms with Crippen molar-refractivity contribution in [1.29, 1.82) is 0 Å². The van der Waals surface area contributed by atoms with Crippen LogP contribution in [-0.2, 0) is 9.53 Å². The molecule has 0 unspecified atom stereocenters. The number of thioether (sulfide) groups is 1. The fourth-order valence-electron chi connectivity index (χ4n) is 2.83. The standard InChI is InChI=1S/C19H10F2N2O4S2/c1-26-18(25)15-12(20)3-8(4-13(15)21)11-7-22-6-9-2-10(27-16(9)11)5-14-17(24)23-19(28)29-14/h2-7H,1H3,(H,23,24,28)/b14-5+. The van der Waals surface area contributed by atoms with Crippen molar-refractivity contribution < 1.29 is 27.5 Å². The molecule has 0 radical (unpaired) electrons. The highest BCUT2D eigenvalue weighted by Crippen LogP contribution is 2.34. The van der Waals surface area contributed by atoms with Gasteiger partial charge in [0.05, 0.1) is 12.0 Å². The maximum Gasteiger partial charge on any atom is 0.343 e. The number of carbonyl (C=O) groups excluding carboxylic acids is 2. The monoisotopic (exact) mass is 432 g/mol. The molecule has 1 aliphatic rings. The van der Waals surface area contributed by atoms with Gasteiger partial charge in [-0.3, -0.25) is 9.78 Å². The molecule has 1 N–H and O–H groups in total. The molecule has 4 rings (SSSR count). The number of pyridine rings is 1. The molecule has 1 fully saturated rings. The minimum absolute atomic E-state index is 0.133. The number of hydrogen-bond donors (Lipinski definition) is 1. The second kappa shape index (κ2) is 7.37. The number of fused-ring (bicyclic) bond motifs is 1. The number of aromatic nitrogens is 1. The fourth-order valence-corrected chi connectivity index (χ4v) is 3.86. The van der Waals surface area contributed by atoms with Gasteiger partial charge >= 0.3 is 5.97 Å². The Kier molecular flexibility index (Phi) is 4.89. The second-order valence-electron chi connectivity index (χ2n) is 5.91. The lowest BCUT2D eigenvalue weighted by Gasteiger charge is -2.07. The SMILES string of the molecule is COC(=O)c1c(F)cc(-c2cncc3cc(/C=C4/SC(=S)NC4=O)oc23)cc1F. The van der Waals surface area contributed by atoms with Gasteiger partial charge in [0.2, 0.25) is 0 Å². The van der Waals surface area contributed by atoms with Crippen molar-refractivity contribution in [3.8, 4) is 11.1 Å². The summed E-state index contributed by atoms with van der Waals surface area (Å²) in [7, 11) is 1.04. The molecule has 3 heterocycles. The van der Waals surface area contributed by atoms with E-state index in [-0.39, 0.29) is 11.5 Å². The molecule has 2 aromatic heterocycles. The number of carbonyl (C=O) groups is 2. The van der Waals surface area contributed by atoms with Crippen molar-refractivity contribution in [2.75, 3.05) is 7.11 Å². The zero-order valence-corrected chi connectivity index (χ0v) is 16.2. The van der Waals surface area contributed by atoms with E-state index in [1.54, 1.807) is 6.07 Å². The van der Waals surface area contributed by atoms with Gasteiger partial charge in [0.15, 0.2) is 0 Å². The summed E-state index contributed by atoms with van der Waals surface area (Å²) in [4.78, 5) is 27.8. The molecule has 0 atom stereocenters. The molecule has 3 aromatic rings. The van der Waals surface area contributed by atoms with E-state index in [0.29, 0.717) is 31.5 Å². The average Bonchev–Trinajstić information content (AvgIpc) is 3.22. The molecule has 0 bridgehead atoms. The summed E-state index contributed by atoms with van der Waals surface area (Å²) in [5, 5.41) is 3.07. The van der Waals surface area contributed by atoms with Crippen LogP contribution in [-0.4, -0.2) is 28.3 Å². The molecule has 146 valence electrons. The van der Waals surface area contributed by atoms with Gasteiger partial charge in [0, 0.05) is 29.4 Å². The number of hydrogen-bond acceptors (Lipinski definition) is 7. The molecule has 10 heteroatoms. The number of rotatable bonds is 3. The van der Waals surface area contributed by atoms with Crippen molar-refractivity contribution >= 4 is 57.2 Å². The maximum atomic E-state index is 14.3. The molecule has 0 aliphatic carbocycles. The van der Waals surface area contributed by atoms with Crippen molar-refractivity contribution in [3.63, 3.8) is 0 Å². The van der Waals surface area contributed by atoms with E-state index in [9.17, 15) is 18.4 Å². The zero-order valence-electron chi connectivity index (χ0n) is 14.6. The summed E-state index contributed by atoms with van der Waals surface area (Å²) in [6, 6.07) is 3.65. The third-order valence-electron chi connectivity index (χ3n) is 4.10. The Bertz CT molecular complexity index is 1210. The molecule has 1 aromatic carbocycles. The van der Waals surface area contributed by atoms with Gasteiger partial charge in [0.25, 0.3) is 5.91 Å². The van der Waals surface area contributed by atoms with Crippen LogP contribution >= 0.6 is 24.0 Å². The molecular weight excluding hydrogens is 422 g/mol. The number of thiocarbonyl (C=S) groups is 1. The van der Waals surface area contributed by atoms with Crippen molar-refractivity contribution in [1.82, 2.24) is 10.3 Å². The highest BCUT2D eigenvalue weighted by atomic mass is 32.2. The minimum Gasteiger partial charge on any atom is -0.465 e. The Labute approximate surface area is 171 Å². The van der Waals surface area contributed by atoms with Gasteiger partial charge in [-0.15, -0.1) is 0 Å². The summed E-state index contributed by atoms with van der Waals surface area (Å²) < 4.78 is 39.2. The number of benzene rings is 1. The molecular formula is C19H10F2N2O4S2. The predicted molar refractivity (Wildman–Crippen MR) is 107 cm³/mol. The summed E-state index contributed by atoms with van der Waals surface area (Å²) in [6.45, 7) is 0. The third-order valence-corrected chi connectivity index (χ3v) is 5.26. The number of esters is 1. The van der Waals surface area contributed by atoms with Gasteiger partial charge in [0.1, 0.15) is 32.9 Å². The van der Waals surface area contributed by atoms with Gasteiger partial charge < -0.3 is 14.5 Å². The first kappa shape index (κ1) is 19.2. The molecule has 1 aliphatic heterocycles. The first-order valence-corrected chi connectivity index (χ1v) is 9.30. The van der Waals surface area contributed by atoms with Crippen LogP contribution in [0.2, 0.25) is 0 Å². The van der Waals surface area contributed by atoms with Crippen molar-refractivity contribution in [3.05, 3.63) is 58.5 Å². The quantitative estimate of drug-likeness (QED) is 0.380.